The minimum absolute atomic E-state index is 0.233. The minimum Gasteiger partial charge on any atom is -0.488 e. The molecule has 0 N–H and O–H groups in total. The molecule has 0 aromatic heterocycles. The van der Waals surface area contributed by atoms with Crippen molar-refractivity contribution >= 4 is 40.0 Å². The van der Waals surface area contributed by atoms with Crippen molar-refractivity contribution in [2.75, 3.05) is 0 Å². The number of ether oxygens (including phenoxy) is 1. The van der Waals surface area contributed by atoms with E-state index in [2.05, 4.69) is 0 Å². The number of halogens is 3. The fraction of sp³-hybridized carbons (Fsp3) is 0.0714. The summed E-state index contributed by atoms with van der Waals surface area (Å²) < 4.78 is 5.57. The first kappa shape index (κ1) is 14.2. The standard InChI is InChI=1S/C14H9Cl3O2/c15-10-6-5-9(12(16)7-10)8-19-13-4-2-1-3-11(13)14(17)18/h1-7H,8H2. The van der Waals surface area contributed by atoms with E-state index in [9.17, 15) is 4.79 Å². The SMILES string of the molecule is O=C(Cl)c1ccccc1OCc1ccc(Cl)cc1Cl. The van der Waals surface area contributed by atoms with Gasteiger partial charge in [-0.1, -0.05) is 41.4 Å². The van der Waals surface area contributed by atoms with Crippen molar-refractivity contribution < 1.29 is 9.53 Å². The zero-order valence-electron chi connectivity index (χ0n) is 9.70. The van der Waals surface area contributed by atoms with E-state index in [4.69, 9.17) is 39.5 Å². The van der Waals surface area contributed by atoms with Gasteiger partial charge in [-0.2, -0.15) is 0 Å². The summed E-state index contributed by atoms with van der Waals surface area (Å²) in [4.78, 5) is 11.2. The molecule has 0 spiro atoms. The summed E-state index contributed by atoms with van der Waals surface area (Å²) in [5.74, 6) is 0.425. The van der Waals surface area contributed by atoms with Crippen LogP contribution < -0.4 is 4.74 Å². The molecule has 2 nitrogen and oxygen atoms in total. The molecule has 0 heterocycles. The second kappa shape index (κ2) is 6.29. The molecule has 0 aliphatic heterocycles. The molecule has 0 saturated carbocycles. The van der Waals surface area contributed by atoms with E-state index < -0.39 is 5.24 Å². The maximum absolute atomic E-state index is 11.2. The molecule has 0 aliphatic carbocycles. The van der Waals surface area contributed by atoms with E-state index in [1.807, 2.05) is 0 Å². The molecule has 0 bridgehead atoms. The molecule has 0 amide bonds. The van der Waals surface area contributed by atoms with Gasteiger partial charge in [0.15, 0.2) is 0 Å². The Morgan fingerprint density at radius 1 is 1.11 bits per heavy atom. The number of hydrogen-bond donors (Lipinski definition) is 0. The Labute approximate surface area is 125 Å². The largest absolute Gasteiger partial charge is 0.488 e. The minimum atomic E-state index is -0.558. The highest BCUT2D eigenvalue weighted by Gasteiger charge is 2.10. The van der Waals surface area contributed by atoms with Crippen LogP contribution in [-0.2, 0) is 6.61 Å². The normalized spacial score (nSPS) is 10.3. The van der Waals surface area contributed by atoms with Gasteiger partial charge in [-0.25, -0.2) is 0 Å². The average Bonchev–Trinajstić information content (AvgIpc) is 2.38. The number of rotatable bonds is 4. The summed E-state index contributed by atoms with van der Waals surface area (Å²) in [6, 6.07) is 11.9. The molecule has 19 heavy (non-hydrogen) atoms. The highest BCUT2D eigenvalue weighted by Crippen LogP contribution is 2.25. The molecule has 0 saturated heterocycles. The van der Waals surface area contributed by atoms with Gasteiger partial charge in [0.25, 0.3) is 5.24 Å². The van der Waals surface area contributed by atoms with Gasteiger partial charge in [-0.3, -0.25) is 4.79 Å². The highest BCUT2D eigenvalue weighted by atomic mass is 35.5. The topological polar surface area (TPSA) is 26.3 Å². The van der Waals surface area contributed by atoms with Crippen molar-refractivity contribution in [1.82, 2.24) is 0 Å². The first-order chi connectivity index (χ1) is 9.08. The maximum atomic E-state index is 11.2. The Morgan fingerprint density at radius 2 is 1.84 bits per heavy atom. The van der Waals surface area contributed by atoms with E-state index in [0.29, 0.717) is 21.4 Å². The fourth-order valence-electron chi connectivity index (χ4n) is 1.55. The Morgan fingerprint density at radius 3 is 2.53 bits per heavy atom. The molecule has 2 aromatic carbocycles. The van der Waals surface area contributed by atoms with E-state index in [1.165, 1.54) is 0 Å². The quantitative estimate of drug-likeness (QED) is 0.746. The number of benzene rings is 2. The van der Waals surface area contributed by atoms with E-state index in [1.54, 1.807) is 42.5 Å². The van der Waals surface area contributed by atoms with Gasteiger partial charge in [0.2, 0.25) is 0 Å². The Kier molecular flexibility index (Phi) is 4.70. The molecule has 0 radical (unpaired) electrons. The first-order valence-electron chi connectivity index (χ1n) is 5.43. The van der Waals surface area contributed by atoms with Crippen molar-refractivity contribution in [3.05, 3.63) is 63.6 Å². The lowest BCUT2D eigenvalue weighted by molar-refractivity contribution is 0.107. The van der Waals surface area contributed by atoms with Gasteiger partial charge < -0.3 is 4.74 Å². The molecule has 98 valence electrons. The van der Waals surface area contributed by atoms with Crippen molar-refractivity contribution in [2.45, 2.75) is 6.61 Å². The lowest BCUT2D eigenvalue weighted by atomic mass is 10.2. The summed E-state index contributed by atoms with van der Waals surface area (Å²) in [7, 11) is 0. The van der Waals surface area contributed by atoms with Crippen LogP contribution in [0.4, 0.5) is 0 Å². The predicted octanol–water partition coefficient (Wildman–Crippen LogP) is 4.95. The number of hydrogen-bond acceptors (Lipinski definition) is 2. The van der Waals surface area contributed by atoms with Crippen LogP contribution in [-0.4, -0.2) is 5.24 Å². The van der Waals surface area contributed by atoms with Crippen LogP contribution in [0.15, 0.2) is 42.5 Å². The van der Waals surface area contributed by atoms with Crippen LogP contribution in [0.3, 0.4) is 0 Å². The van der Waals surface area contributed by atoms with E-state index in [-0.39, 0.29) is 6.61 Å². The van der Waals surface area contributed by atoms with Crippen molar-refractivity contribution in [3.63, 3.8) is 0 Å². The molecule has 0 unspecified atom stereocenters. The van der Waals surface area contributed by atoms with Gasteiger partial charge in [-0.05, 0) is 35.9 Å². The van der Waals surface area contributed by atoms with Crippen LogP contribution >= 0.6 is 34.8 Å². The summed E-state index contributed by atoms with van der Waals surface area (Å²) in [5, 5.41) is 0.519. The molecular formula is C14H9Cl3O2. The maximum Gasteiger partial charge on any atom is 0.256 e. The monoisotopic (exact) mass is 314 g/mol. The Hall–Kier alpha value is -1.22. The summed E-state index contributed by atoms with van der Waals surface area (Å²) in [6.45, 7) is 0.233. The van der Waals surface area contributed by atoms with Crippen LogP contribution in [0.25, 0.3) is 0 Å². The van der Waals surface area contributed by atoms with Crippen LogP contribution in [0, 0.1) is 0 Å². The Balaban J connectivity index is 2.17. The van der Waals surface area contributed by atoms with Crippen molar-refractivity contribution in [2.24, 2.45) is 0 Å². The van der Waals surface area contributed by atoms with E-state index >= 15 is 0 Å². The average molecular weight is 316 g/mol. The molecule has 2 aromatic rings. The third-order valence-corrected chi connectivity index (χ3v) is 3.29. The Bertz CT molecular complexity index is 611. The second-order valence-corrected chi connectivity index (χ2v) is 4.98. The van der Waals surface area contributed by atoms with Gasteiger partial charge in [-0.15, -0.1) is 0 Å². The number of carbonyl (C=O) groups excluding carboxylic acids is 1. The molecule has 0 atom stereocenters. The predicted molar refractivity (Wildman–Crippen MR) is 77.4 cm³/mol. The smallest absolute Gasteiger partial charge is 0.256 e. The molecule has 0 fully saturated rings. The third-order valence-electron chi connectivity index (χ3n) is 2.50. The molecule has 5 heteroatoms. The molecule has 0 aliphatic rings. The summed E-state index contributed by atoms with van der Waals surface area (Å²) in [6.07, 6.45) is 0. The first-order valence-corrected chi connectivity index (χ1v) is 6.57. The summed E-state index contributed by atoms with van der Waals surface area (Å²) >= 11 is 17.3. The van der Waals surface area contributed by atoms with Crippen LogP contribution in [0.2, 0.25) is 10.0 Å². The fourth-order valence-corrected chi connectivity index (χ4v) is 2.17. The lowest BCUT2D eigenvalue weighted by Gasteiger charge is -2.10. The zero-order chi connectivity index (χ0) is 13.8. The number of carbonyl (C=O) groups is 1. The highest BCUT2D eigenvalue weighted by molar-refractivity contribution is 6.68. The van der Waals surface area contributed by atoms with Gasteiger partial charge >= 0.3 is 0 Å². The lowest BCUT2D eigenvalue weighted by Crippen LogP contribution is -2.00. The zero-order valence-corrected chi connectivity index (χ0v) is 12.0. The second-order valence-electron chi connectivity index (χ2n) is 3.79. The van der Waals surface area contributed by atoms with Crippen molar-refractivity contribution in [1.29, 1.82) is 0 Å². The van der Waals surface area contributed by atoms with E-state index in [0.717, 1.165) is 5.56 Å². The molecular weight excluding hydrogens is 307 g/mol. The summed E-state index contributed by atoms with van der Waals surface area (Å²) in [5.41, 5.74) is 1.11. The van der Waals surface area contributed by atoms with Gasteiger partial charge in [0.05, 0.1) is 5.56 Å². The third kappa shape index (κ3) is 3.63. The van der Waals surface area contributed by atoms with Crippen LogP contribution in [0.1, 0.15) is 15.9 Å². The van der Waals surface area contributed by atoms with Crippen molar-refractivity contribution in [3.8, 4) is 5.75 Å². The molecule has 2 rings (SSSR count). The van der Waals surface area contributed by atoms with Crippen LogP contribution in [0.5, 0.6) is 5.75 Å². The number of para-hydroxylation sites is 1. The van der Waals surface area contributed by atoms with Gasteiger partial charge in [0.1, 0.15) is 12.4 Å². The van der Waals surface area contributed by atoms with Gasteiger partial charge in [0, 0.05) is 15.6 Å².